The number of aryl methyl sites for hydroxylation is 1. The van der Waals surface area contributed by atoms with Crippen molar-refractivity contribution in [3.8, 4) is 5.75 Å². The number of hydrogen-bond acceptors (Lipinski definition) is 7. The average Bonchev–Trinajstić information content (AvgIpc) is 3.40. The molecule has 178 valence electrons. The number of benzene rings is 2. The van der Waals surface area contributed by atoms with Gasteiger partial charge in [-0.15, -0.1) is 10.2 Å². The number of nitrogens with zero attached hydrogens (tertiary/aromatic N) is 3. The second-order valence-corrected chi connectivity index (χ2v) is 10.0. The number of aromatic nitrogens is 2. The maximum Gasteiger partial charge on any atom is 0.297 e. The minimum Gasteiger partial charge on any atom is -0.490 e. The van der Waals surface area contributed by atoms with Crippen molar-refractivity contribution in [2.75, 3.05) is 11.5 Å². The van der Waals surface area contributed by atoms with Crippen LogP contribution in [0, 0.1) is 12.8 Å². The second-order valence-electron chi connectivity index (χ2n) is 9.00. The molecule has 35 heavy (non-hydrogen) atoms. The molecule has 1 atom stereocenters. The zero-order valence-electron chi connectivity index (χ0n) is 19.8. The monoisotopic (exact) mass is 487 g/mol. The molecular formula is C27H25N3O4S. The number of carbonyl (C=O) groups is 1. The van der Waals surface area contributed by atoms with Gasteiger partial charge in [-0.05, 0) is 42.7 Å². The molecule has 0 bridgehead atoms. The van der Waals surface area contributed by atoms with Gasteiger partial charge in [0.25, 0.3) is 5.91 Å². The van der Waals surface area contributed by atoms with Gasteiger partial charge >= 0.3 is 0 Å². The average molecular weight is 488 g/mol. The van der Waals surface area contributed by atoms with Gasteiger partial charge in [-0.1, -0.05) is 61.6 Å². The normalized spacial score (nSPS) is 15.1. The quantitative estimate of drug-likeness (QED) is 0.322. The van der Waals surface area contributed by atoms with Gasteiger partial charge in [0.15, 0.2) is 5.43 Å². The van der Waals surface area contributed by atoms with E-state index in [0.29, 0.717) is 39.9 Å². The van der Waals surface area contributed by atoms with Gasteiger partial charge in [-0.2, -0.15) is 0 Å². The Morgan fingerprint density at radius 3 is 2.66 bits per heavy atom. The molecule has 1 amide bonds. The summed E-state index contributed by atoms with van der Waals surface area (Å²) >= 11 is 1.36. The van der Waals surface area contributed by atoms with Gasteiger partial charge in [0.05, 0.1) is 17.0 Å². The van der Waals surface area contributed by atoms with E-state index in [-0.39, 0.29) is 11.2 Å². The van der Waals surface area contributed by atoms with E-state index in [2.05, 4.69) is 30.6 Å². The molecular weight excluding hydrogens is 462 g/mol. The molecule has 5 rings (SSSR count). The highest BCUT2D eigenvalue weighted by Crippen LogP contribution is 2.42. The predicted octanol–water partition coefficient (Wildman–Crippen LogP) is 5.47. The van der Waals surface area contributed by atoms with Crippen LogP contribution in [-0.2, 0) is 6.42 Å². The van der Waals surface area contributed by atoms with Gasteiger partial charge in [0.2, 0.25) is 10.9 Å². The summed E-state index contributed by atoms with van der Waals surface area (Å²) < 4.78 is 11.6. The summed E-state index contributed by atoms with van der Waals surface area (Å²) in [5.74, 6) is 0.715. The van der Waals surface area contributed by atoms with Crippen LogP contribution < -0.4 is 15.1 Å². The lowest BCUT2D eigenvalue weighted by Crippen LogP contribution is -2.29. The number of fused-ring (bicyclic) bond motifs is 2. The maximum absolute atomic E-state index is 13.7. The van der Waals surface area contributed by atoms with Gasteiger partial charge < -0.3 is 9.15 Å². The van der Waals surface area contributed by atoms with Crippen LogP contribution >= 0.6 is 11.3 Å². The fraction of sp³-hybridized carbons (Fsp3) is 0.259. The maximum atomic E-state index is 13.7. The molecule has 7 nitrogen and oxygen atoms in total. The van der Waals surface area contributed by atoms with Crippen molar-refractivity contribution in [3.05, 3.63) is 92.8 Å². The Labute approximate surface area is 206 Å². The van der Waals surface area contributed by atoms with E-state index in [1.165, 1.54) is 16.2 Å². The van der Waals surface area contributed by atoms with Gasteiger partial charge in [-0.3, -0.25) is 14.5 Å². The second kappa shape index (κ2) is 9.11. The third kappa shape index (κ3) is 4.14. The summed E-state index contributed by atoms with van der Waals surface area (Å²) in [7, 11) is 0. The zero-order chi connectivity index (χ0) is 24.7. The first-order chi connectivity index (χ1) is 16.9. The number of rotatable bonds is 7. The Bertz CT molecular complexity index is 1490. The summed E-state index contributed by atoms with van der Waals surface area (Å²) in [5, 5.41) is 10.4. The van der Waals surface area contributed by atoms with Crippen LogP contribution in [0.25, 0.3) is 11.0 Å². The summed E-state index contributed by atoms with van der Waals surface area (Å²) in [6.45, 7) is 10.2. The molecule has 4 aromatic rings. The largest absolute Gasteiger partial charge is 0.490 e. The topological polar surface area (TPSA) is 85.5 Å². The molecule has 3 heterocycles. The molecule has 1 aliphatic heterocycles. The Hall–Kier alpha value is -3.78. The molecule has 0 fully saturated rings. The molecule has 1 aliphatic rings. The molecule has 8 heteroatoms. The van der Waals surface area contributed by atoms with Crippen LogP contribution in [0.1, 0.15) is 52.1 Å². The third-order valence-electron chi connectivity index (χ3n) is 5.83. The molecule has 2 aromatic heterocycles. The van der Waals surface area contributed by atoms with Crippen molar-refractivity contribution in [1.82, 2.24) is 10.2 Å². The van der Waals surface area contributed by atoms with Crippen LogP contribution in [0.15, 0.2) is 64.3 Å². The number of amides is 1. The van der Waals surface area contributed by atoms with Crippen molar-refractivity contribution >= 4 is 33.3 Å². The lowest BCUT2D eigenvalue weighted by atomic mass is 9.98. The third-order valence-corrected chi connectivity index (χ3v) is 6.78. The van der Waals surface area contributed by atoms with Crippen LogP contribution in [0.4, 0.5) is 5.13 Å². The lowest BCUT2D eigenvalue weighted by Gasteiger charge is -2.22. The van der Waals surface area contributed by atoms with E-state index in [4.69, 9.17) is 9.15 Å². The van der Waals surface area contributed by atoms with E-state index in [1.807, 2.05) is 37.3 Å². The van der Waals surface area contributed by atoms with Crippen LogP contribution in [0.3, 0.4) is 0 Å². The number of ether oxygens (including phenoxy) is 1. The Balaban J connectivity index is 1.68. The summed E-state index contributed by atoms with van der Waals surface area (Å²) in [4.78, 5) is 28.9. The van der Waals surface area contributed by atoms with E-state index in [1.54, 1.807) is 18.2 Å². The smallest absolute Gasteiger partial charge is 0.297 e. The predicted molar refractivity (Wildman–Crippen MR) is 136 cm³/mol. The van der Waals surface area contributed by atoms with E-state index in [0.717, 1.165) is 22.6 Å². The molecule has 0 N–H and O–H groups in total. The molecule has 0 saturated carbocycles. The first-order valence-corrected chi connectivity index (χ1v) is 12.3. The summed E-state index contributed by atoms with van der Waals surface area (Å²) in [5.41, 5.74) is 2.18. The molecule has 0 radical (unpaired) electrons. The highest BCUT2D eigenvalue weighted by molar-refractivity contribution is 7.15. The van der Waals surface area contributed by atoms with Crippen LogP contribution in [-0.4, -0.2) is 22.7 Å². The van der Waals surface area contributed by atoms with Gasteiger partial charge in [0, 0.05) is 6.42 Å². The van der Waals surface area contributed by atoms with E-state index in [9.17, 15) is 9.59 Å². The van der Waals surface area contributed by atoms with E-state index >= 15 is 0 Å². The Morgan fingerprint density at radius 1 is 1.17 bits per heavy atom. The summed E-state index contributed by atoms with van der Waals surface area (Å²) in [6.07, 6.45) is 2.43. The van der Waals surface area contributed by atoms with Crippen LogP contribution in [0.2, 0.25) is 0 Å². The highest BCUT2D eigenvalue weighted by Gasteiger charge is 2.45. The SMILES string of the molecule is C=CCOc1ccc(C2c3c(oc4ccc(C)cc4c3=O)C(=O)N2c2nnc(CC(C)C)s2)cc1. The number of anilines is 1. The number of carbonyl (C=O) groups excluding carboxylic acids is 1. The molecule has 0 saturated heterocycles. The lowest BCUT2D eigenvalue weighted by molar-refractivity contribution is 0.0970. The molecule has 1 unspecified atom stereocenters. The number of hydrogen-bond donors (Lipinski definition) is 0. The van der Waals surface area contributed by atoms with Crippen molar-refractivity contribution < 1.29 is 13.9 Å². The molecule has 0 aliphatic carbocycles. The minimum atomic E-state index is -0.688. The molecule has 2 aromatic carbocycles. The zero-order valence-corrected chi connectivity index (χ0v) is 20.6. The fourth-order valence-electron chi connectivity index (χ4n) is 4.27. The Kier molecular flexibility index (Phi) is 5.98. The van der Waals surface area contributed by atoms with Crippen molar-refractivity contribution in [3.63, 3.8) is 0 Å². The Morgan fingerprint density at radius 2 is 1.94 bits per heavy atom. The van der Waals surface area contributed by atoms with E-state index < -0.39 is 11.9 Å². The van der Waals surface area contributed by atoms with Crippen molar-refractivity contribution in [2.45, 2.75) is 33.2 Å². The standard InChI is InChI=1S/C27H25N3O4S/c1-5-12-33-18-9-7-17(8-10-18)23-22-24(31)19-14-16(4)6-11-20(19)34-25(22)26(32)30(23)27-29-28-21(35-27)13-15(2)3/h5-11,14-15,23H,1,12-13H2,2-4H3. The van der Waals surface area contributed by atoms with Crippen LogP contribution in [0.5, 0.6) is 5.75 Å². The van der Waals surface area contributed by atoms with Gasteiger partial charge in [-0.25, -0.2) is 0 Å². The first-order valence-electron chi connectivity index (χ1n) is 11.4. The van der Waals surface area contributed by atoms with Gasteiger partial charge in [0.1, 0.15) is 22.9 Å². The minimum absolute atomic E-state index is 0.0453. The highest BCUT2D eigenvalue weighted by atomic mass is 32.1. The first kappa shape index (κ1) is 23.0. The molecule has 0 spiro atoms. The summed E-state index contributed by atoms with van der Waals surface area (Å²) in [6, 6.07) is 12.0. The van der Waals surface area contributed by atoms with Crippen molar-refractivity contribution in [1.29, 1.82) is 0 Å². The van der Waals surface area contributed by atoms with Crippen molar-refractivity contribution in [2.24, 2.45) is 5.92 Å². The fourth-order valence-corrected chi connectivity index (χ4v) is 5.35.